The highest BCUT2D eigenvalue weighted by atomic mass is 32.2. The lowest BCUT2D eigenvalue weighted by Crippen LogP contribution is -2.42. The fourth-order valence-corrected chi connectivity index (χ4v) is 5.88. The minimum atomic E-state index is -1.07. The zero-order valence-electron chi connectivity index (χ0n) is 21.5. The monoisotopic (exact) mass is 523 g/mol. The highest BCUT2D eigenvalue weighted by Crippen LogP contribution is 2.40. The van der Waals surface area contributed by atoms with E-state index < -0.39 is 11.9 Å². The first-order chi connectivity index (χ1) is 16.2. The van der Waals surface area contributed by atoms with Crippen molar-refractivity contribution in [1.82, 2.24) is 15.1 Å². The Morgan fingerprint density at radius 3 is 1.85 bits per heavy atom. The third kappa shape index (κ3) is 20.3. The Bertz CT molecular complexity index is 553. The third-order valence-corrected chi connectivity index (χ3v) is 7.84. The van der Waals surface area contributed by atoms with Gasteiger partial charge < -0.3 is 20.3 Å². The molecule has 0 aliphatic heterocycles. The predicted octanol–water partition coefficient (Wildman–Crippen LogP) is 2.19. The number of carboxylic acid groups (broad SMARTS) is 2. The molecule has 0 aromatic rings. The molecule has 0 saturated heterocycles. The van der Waals surface area contributed by atoms with Crippen LogP contribution in [0.3, 0.4) is 0 Å². The van der Waals surface area contributed by atoms with Gasteiger partial charge in [-0.15, -0.1) is 0 Å². The average molecular weight is 524 g/mol. The number of carboxylic acids is 2. The zero-order chi connectivity index (χ0) is 26.4. The summed E-state index contributed by atoms with van der Waals surface area (Å²) < 4.78 is 0. The van der Waals surface area contributed by atoms with Crippen LogP contribution in [0, 0.1) is 0 Å². The number of ketones is 1. The number of carbonyl (C=O) groups excluding carboxylic acids is 2. The van der Waals surface area contributed by atoms with Crippen molar-refractivity contribution in [3.05, 3.63) is 0 Å². The Morgan fingerprint density at radius 1 is 0.941 bits per heavy atom. The molecule has 2 atom stereocenters. The van der Waals surface area contributed by atoms with E-state index >= 15 is 0 Å². The molecule has 34 heavy (non-hydrogen) atoms. The number of Topliss-reactive ketones (excluding diaryl/α,β-unsaturated/α-hetero) is 1. The van der Waals surface area contributed by atoms with Gasteiger partial charge in [0.2, 0.25) is 0 Å². The molecule has 0 spiro atoms. The van der Waals surface area contributed by atoms with E-state index in [0.717, 1.165) is 17.0 Å². The minimum Gasteiger partial charge on any atom is -0.480 e. The predicted molar refractivity (Wildman–Crippen MR) is 142 cm³/mol. The maximum atomic E-state index is 11.0. The first kappa shape index (κ1) is 35.0. The van der Waals surface area contributed by atoms with Gasteiger partial charge in [-0.1, -0.05) is 20.8 Å². The molecule has 11 heteroatoms. The van der Waals surface area contributed by atoms with E-state index in [4.69, 9.17) is 10.2 Å². The number of aliphatic carboxylic acids is 2. The van der Waals surface area contributed by atoms with Crippen LogP contribution in [0.15, 0.2) is 0 Å². The van der Waals surface area contributed by atoms with E-state index in [1.807, 2.05) is 20.9 Å². The average Bonchev–Trinajstić information content (AvgIpc) is 2.75. The second-order valence-corrected chi connectivity index (χ2v) is 10.3. The Hall–Kier alpha value is -1.14. The second kappa shape index (κ2) is 23.6. The summed E-state index contributed by atoms with van der Waals surface area (Å²) in [5.74, 6) is 0.319. The second-order valence-electron chi connectivity index (χ2n) is 7.60. The number of nitrogens with zero attached hydrogens (tertiary/aromatic N) is 2. The first-order valence-corrected chi connectivity index (χ1v) is 14.0. The molecule has 3 N–H and O–H groups in total. The summed E-state index contributed by atoms with van der Waals surface area (Å²) in [6, 6.07) is 0. The summed E-state index contributed by atoms with van der Waals surface area (Å²) in [5, 5.41) is 22.5. The van der Waals surface area contributed by atoms with Gasteiger partial charge in [0.1, 0.15) is 12.1 Å². The molecule has 0 amide bonds. The number of carbonyl (C=O) groups is 4. The SMILES string of the molecule is CC.CC(=O)CN(CCN(CC=O)CC(=O)O)CC(=O)O.CCCSC1CCC1SCCNC. The van der Waals surface area contributed by atoms with Gasteiger partial charge >= 0.3 is 11.9 Å². The van der Waals surface area contributed by atoms with Gasteiger partial charge in [0.25, 0.3) is 0 Å². The molecule has 0 aromatic carbocycles. The van der Waals surface area contributed by atoms with Crippen molar-refractivity contribution in [2.24, 2.45) is 0 Å². The normalized spacial score (nSPS) is 16.6. The Balaban J connectivity index is 0. The van der Waals surface area contributed by atoms with E-state index in [9.17, 15) is 19.2 Å². The molecule has 0 radical (unpaired) electrons. The van der Waals surface area contributed by atoms with E-state index in [1.54, 1.807) is 0 Å². The first-order valence-electron chi connectivity index (χ1n) is 11.9. The van der Waals surface area contributed by atoms with Gasteiger partial charge in [0.05, 0.1) is 26.2 Å². The number of rotatable bonds is 18. The van der Waals surface area contributed by atoms with Crippen LogP contribution >= 0.6 is 23.5 Å². The molecule has 1 aliphatic carbocycles. The van der Waals surface area contributed by atoms with Crippen LogP contribution in [0.25, 0.3) is 0 Å². The van der Waals surface area contributed by atoms with Crippen LogP contribution in [0.4, 0.5) is 0 Å². The molecule has 1 fully saturated rings. The van der Waals surface area contributed by atoms with Crippen molar-refractivity contribution in [1.29, 1.82) is 0 Å². The van der Waals surface area contributed by atoms with Crippen molar-refractivity contribution in [2.75, 3.05) is 64.4 Å². The molecular formula is C23H45N3O6S2. The van der Waals surface area contributed by atoms with Gasteiger partial charge in [-0.25, -0.2) is 0 Å². The molecule has 2 unspecified atom stereocenters. The number of nitrogens with one attached hydrogen (secondary N) is 1. The molecule has 0 aromatic heterocycles. The Labute approximate surface area is 213 Å². The molecule has 0 bridgehead atoms. The van der Waals surface area contributed by atoms with Crippen LogP contribution in [0.1, 0.15) is 47.0 Å². The number of aldehydes is 1. The maximum Gasteiger partial charge on any atom is 0.317 e. The van der Waals surface area contributed by atoms with Crippen LogP contribution < -0.4 is 5.32 Å². The lowest BCUT2D eigenvalue weighted by molar-refractivity contribution is -0.140. The summed E-state index contributed by atoms with van der Waals surface area (Å²) in [6.07, 6.45) is 4.82. The standard InChI is InChI=1S/C11H18N2O6.C10H21NS2.C2H6/c1-9(15)6-13(8-11(18)19)3-2-12(4-5-14)7-10(16)17;1-3-7-12-9-4-5-10(9)13-8-6-11-2;1-2/h5H,2-4,6-8H2,1H3,(H,16,17)(H,18,19);9-11H,3-8H2,1-2H3;1-2H3. The quantitative estimate of drug-likeness (QED) is 0.181. The summed E-state index contributed by atoms with van der Waals surface area (Å²) in [5.41, 5.74) is 0. The fraction of sp³-hybridized carbons (Fsp3) is 0.826. The van der Waals surface area contributed by atoms with Crippen molar-refractivity contribution in [3.63, 3.8) is 0 Å². The Kier molecular flexibility index (Phi) is 24.3. The summed E-state index contributed by atoms with van der Waals surface area (Å²) in [4.78, 5) is 45.3. The molecule has 1 rings (SSSR count). The molecule has 0 heterocycles. The lowest BCUT2D eigenvalue weighted by Gasteiger charge is -2.35. The highest BCUT2D eigenvalue weighted by molar-refractivity contribution is 8.04. The molecule has 9 nitrogen and oxygen atoms in total. The smallest absolute Gasteiger partial charge is 0.317 e. The largest absolute Gasteiger partial charge is 0.480 e. The lowest BCUT2D eigenvalue weighted by atomic mass is 9.99. The molecular weight excluding hydrogens is 478 g/mol. The minimum absolute atomic E-state index is 0.0195. The van der Waals surface area contributed by atoms with Gasteiger partial charge in [0.15, 0.2) is 0 Å². The van der Waals surface area contributed by atoms with E-state index in [0.29, 0.717) is 6.29 Å². The van der Waals surface area contributed by atoms with Crippen LogP contribution in [-0.4, -0.2) is 119 Å². The summed E-state index contributed by atoms with van der Waals surface area (Å²) in [6.45, 7) is 8.50. The molecule has 1 aliphatic rings. The molecule has 200 valence electrons. The maximum absolute atomic E-state index is 11.0. The van der Waals surface area contributed by atoms with Gasteiger partial charge in [-0.05, 0) is 39.0 Å². The topological polar surface area (TPSA) is 127 Å². The highest BCUT2D eigenvalue weighted by Gasteiger charge is 2.30. The van der Waals surface area contributed by atoms with E-state index in [1.165, 1.54) is 47.5 Å². The van der Waals surface area contributed by atoms with E-state index in [-0.39, 0.29) is 45.1 Å². The van der Waals surface area contributed by atoms with Gasteiger partial charge in [0, 0.05) is 35.9 Å². The van der Waals surface area contributed by atoms with Gasteiger partial charge in [-0.2, -0.15) is 23.5 Å². The van der Waals surface area contributed by atoms with Crippen molar-refractivity contribution >= 4 is 47.5 Å². The Morgan fingerprint density at radius 2 is 1.44 bits per heavy atom. The van der Waals surface area contributed by atoms with Crippen molar-refractivity contribution < 1.29 is 29.4 Å². The van der Waals surface area contributed by atoms with E-state index in [2.05, 4.69) is 35.8 Å². The zero-order valence-corrected chi connectivity index (χ0v) is 23.1. The summed E-state index contributed by atoms with van der Waals surface area (Å²) >= 11 is 4.35. The fourth-order valence-electron chi connectivity index (χ4n) is 2.94. The van der Waals surface area contributed by atoms with Crippen LogP contribution in [-0.2, 0) is 19.2 Å². The number of hydrogen-bond acceptors (Lipinski definition) is 9. The van der Waals surface area contributed by atoms with Crippen molar-refractivity contribution in [3.8, 4) is 0 Å². The summed E-state index contributed by atoms with van der Waals surface area (Å²) in [7, 11) is 2.03. The van der Waals surface area contributed by atoms with Crippen molar-refractivity contribution in [2.45, 2.75) is 57.5 Å². The number of thioether (sulfide) groups is 2. The van der Waals surface area contributed by atoms with Gasteiger partial charge in [-0.3, -0.25) is 24.2 Å². The third-order valence-electron chi connectivity index (χ3n) is 4.60. The number of hydrogen-bond donors (Lipinski definition) is 3. The van der Waals surface area contributed by atoms with Crippen LogP contribution in [0.5, 0.6) is 0 Å². The van der Waals surface area contributed by atoms with Crippen LogP contribution in [0.2, 0.25) is 0 Å². The molecule has 1 saturated carbocycles.